The molecule has 0 saturated carbocycles. The Balaban J connectivity index is 2.61. The van der Waals surface area contributed by atoms with Crippen molar-refractivity contribution in [1.29, 1.82) is 0 Å². The predicted octanol–water partition coefficient (Wildman–Crippen LogP) is 2.29. The van der Waals surface area contributed by atoms with E-state index in [9.17, 15) is 4.79 Å². The van der Waals surface area contributed by atoms with Gasteiger partial charge in [-0.3, -0.25) is 4.79 Å². The van der Waals surface area contributed by atoms with E-state index in [1.165, 1.54) is 6.21 Å². The van der Waals surface area contributed by atoms with Crippen molar-refractivity contribution in [3.05, 3.63) is 47.5 Å². The zero-order valence-corrected chi connectivity index (χ0v) is 8.90. The molecule has 1 rings (SSSR count). The van der Waals surface area contributed by atoms with Crippen LogP contribution < -0.4 is 5.43 Å². The number of nitrogens with zero attached hydrogens (tertiary/aromatic N) is 1. The monoisotopic (exact) mass is 202 g/mol. The molecule has 0 aliphatic carbocycles. The first kappa shape index (κ1) is 11.2. The summed E-state index contributed by atoms with van der Waals surface area (Å²) in [5.41, 5.74) is 4.11. The van der Waals surface area contributed by atoms with Crippen LogP contribution in [0.25, 0.3) is 0 Å². The minimum absolute atomic E-state index is 0.195. The van der Waals surface area contributed by atoms with Gasteiger partial charge in [0, 0.05) is 11.8 Å². The number of carbonyl (C=O) groups is 1. The normalized spacial score (nSPS) is 11.1. The Kier molecular flexibility index (Phi) is 4.29. The van der Waals surface area contributed by atoms with Gasteiger partial charge in [0.15, 0.2) is 0 Å². The summed E-state index contributed by atoms with van der Waals surface area (Å²) in [6.45, 7) is 3.83. The number of allylic oxidation sites excluding steroid dienone is 2. The SMILES string of the molecule is C/C=C/C=N/NC(=O)c1cccc(C)c1. The highest BCUT2D eigenvalue weighted by Gasteiger charge is 2.02. The third-order valence-corrected chi connectivity index (χ3v) is 1.80. The Bertz CT molecular complexity index is 394. The van der Waals surface area contributed by atoms with Crippen molar-refractivity contribution >= 4 is 12.1 Å². The lowest BCUT2D eigenvalue weighted by molar-refractivity contribution is 0.0955. The highest BCUT2D eigenvalue weighted by molar-refractivity contribution is 5.94. The third kappa shape index (κ3) is 3.77. The molecule has 3 nitrogen and oxygen atoms in total. The van der Waals surface area contributed by atoms with Gasteiger partial charge in [0.1, 0.15) is 0 Å². The molecule has 1 N–H and O–H groups in total. The number of hydrogen-bond acceptors (Lipinski definition) is 2. The Morgan fingerprint density at radius 3 is 2.93 bits per heavy atom. The van der Waals surface area contributed by atoms with Gasteiger partial charge < -0.3 is 0 Å². The number of nitrogens with one attached hydrogen (secondary N) is 1. The van der Waals surface area contributed by atoms with Crippen LogP contribution in [0.3, 0.4) is 0 Å². The summed E-state index contributed by atoms with van der Waals surface area (Å²) in [7, 11) is 0. The zero-order valence-electron chi connectivity index (χ0n) is 8.90. The average Bonchev–Trinajstić information content (AvgIpc) is 2.24. The van der Waals surface area contributed by atoms with E-state index in [2.05, 4.69) is 10.5 Å². The summed E-state index contributed by atoms with van der Waals surface area (Å²) in [4.78, 5) is 11.5. The fraction of sp³-hybridized carbons (Fsp3) is 0.167. The molecule has 0 unspecified atom stereocenters. The summed E-state index contributed by atoms with van der Waals surface area (Å²) in [6.07, 6.45) is 5.12. The van der Waals surface area contributed by atoms with Crippen molar-refractivity contribution in [2.75, 3.05) is 0 Å². The maximum absolute atomic E-state index is 11.5. The number of amides is 1. The molecule has 1 amide bonds. The van der Waals surface area contributed by atoms with Gasteiger partial charge in [-0.1, -0.05) is 23.8 Å². The van der Waals surface area contributed by atoms with Crippen LogP contribution in [-0.2, 0) is 0 Å². The summed E-state index contributed by atoms with van der Waals surface area (Å²) >= 11 is 0. The van der Waals surface area contributed by atoms with E-state index < -0.39 is 0 Å². The topological polar surface area (TPSA) is 41.5 Å². The van der Waals surface area contributed by atoms with E-state index >= 15 is 0 Å². The smallest absolute Gasteiger partial charge is 0.267 e. The predicted molar refractivity (Wildman–Crippen MR) is 62.0 cm³/mol. The highest BCUT2D eigenvalue weighted by atomic mass is 16.2. The quantitative estimate of drug-likeness (QED) is 0.593. The number of benzene rings is 1. The Hall–Kier alpha value is -1.90. The molecule has 0 aliphatic heterocycles. The van der Waals surface area contributed by atoms with Crippen molar-refractivity contribution in [3.8, 4) is 0 Å². The second-order valence-corrected chi connectivity index (χ2v) is 3.11. The van der Waals surface area contributed by atoms with Crippen molar-refractivity contribution < 1.29 is 4.79 Å². The molecule has 78 valence electrons. The fourth-order valence-corrected chi connectivity index (χ4v) is 1.08. The molecule has 0 radical (unpaired) electrons. The van der Waals surface area contributed by atoms with Crippen LogP contribution in [0.5, 0.6) is 0 Å². The first-order chi connectivity index (χ1) is 7.24. The molecule has 0 aliphatic rings. The van der Waals surface area contributed by atoms with Crippen molar-refractivity contribution in [2.24, 2.45) is 5.10 Å². The van der Waals surface area contributed by atoms with Gasteiger partial charge in [0.2, 0.25) is 0 Å². The Labute approximate surface area is 89.5 Å². The maximum Gasteiger partial charge on any atom is 0.271 e. The van der Waals surface area contributed by atoms with E-state index in [4.69, 9.17) is 0 Å². The summed E-state index contributed by atoms with van der Waals surface area (Å²) in [5.74, 6) is -0.195. The third-order valence-electron chi connectivity index (χ3n) is 1.80. The molecular weight excluding hydrogens is 188 g/mol. The second kappa shape index (κ2) is 5.75. The van der Waals surface area contributed by atoms with Crippen LogP contribution in [0.1, 0.15) is 22.8 Å². The largest absolute Gasteiger partial charge is 0.271 e. The Morgan fingerprint density at radius 2 is 2.27 bits per heavy atom. The lowest BCUT2D eigenvalue weighted by Gasteiger charge is -1.99. The molecule has 1 aromatic rings. The lowest BCUT2D eigenvalue weighted by atomic mass is 10.1. The number of carbonyl (C=O) groups excluding carboxylic acids is 1. The van der Waals surface area contributed by atoms with Crippen molar-refractivity contribution in [2.45, 2.75) is 13.8 Å². The van der Waals surface area contributed by atoms with Gasteiger partial charge in [-0.25, -0.2) is 5.43 Å². The van der Waals surface area contributed by atoms with Gasteiger partial charge in [0.05, 0.1) is 0 Å². The van der Waals surface area contributed by atoms with Crippen LogP contribution in [0.2, 0.25) is 0 Å². The van der Waals surface area contributed by atoms with Crippen LogP contribution in [0.4, 0.5) is 0 Å². The standard InChI is InChI=1S/C12H14N2O/c1-3-4-8-13-14-12(15)11-7-5-6-10(2)9-11/h3-9H,1-2H3,(H,14,15)/b4-3+,13-8+. The second-order valence-electron chi connectivity index (χ2n) is 3.11. The lowest BCUT2D eigenvalue weighted by Crippen LogP contribution is -2.17. The van der Waals surface area contributed by atoms with Gasteiger partial charge >= 0.3 is 0 Å². The highest BCUT2D eigenvalue weighted by Crippen LogP contribution is 2.03. The van der Waals surface area contributed by atoms with Gasteiger partial charge in [-0.2, -0.15) is 5.10 Å². The molecule has 0 aromatic heterocycles. The molecule has 0 spiro atoms. The van der Waals surface area contributed by atoms with E-state index in [0.717, 1.165) is 5.56 Å². The minimum Gasteiger partial charge on any atom is -0.267 e. The van der Waals surface area contributed by atoms with Crippen LogP contribution in [0.15, 0.2) is 41.5 Å². The average molecular weight is 202 g/mol. The first-order valence-corrected chi connectivity index (χ1v) is 4.75. The molecular formula is C12H14N2O. The maximum atomic E-state index is 11.5. The van der Waals surface area contributed by atoms with E-state index in [1.54, 1.807) is 12.1 Å². The molecule has 15 heavy (non-hydrogen) atoms. The number of rotatable bonds is 3. The van der Waals surface area contributed by atoms with E-state index in [0.29, 0.717) is 5.56 Å². The minimum atomic E-state index is -0.195. The van der Waals surface area contributed by atoms with Crippen LogP contribution in [0, 0.1) is 6.92 Å². The molecule has 0 heterocycles. The molecule has 0 bridgehead atoms. The molecule has 0 atom stereocenters. The fourth-order valence-electron chi connectivity index (χ4n) is 1.08. The summed E-state index contributed by atoms with van der Waals surface area (Å²) in [6, 6.07) is 7.37. The number of hydrazone groups is 1. The van der Waals surface area contributed by atoms with Gasteiger partial charge in [-0.15, -0.1) is 0 Å². The molecule has 0 fully saturated rings. The zero-order chi connectivity index (χ0) is 11.1. The number of aryl methyl sites for hydroxylation is 1. The van der Waals surface area contributed by atoms with Crippen molar-refractivity contribution in [1.82, 2.24) is 5.43 Å². The van der Waals surface area contributed by atoms with Crippen molar-refractivity contribution in [3.63, 3.8) is 0 Å². The summed E-state index contributed by atoms with van der Waals surface area (Å²) in [5, 5.41) is 3.76. The van der Waals surface area contributed by atoms with E-state index in [1.807, 2.05) is 38.1 Å². The molecule has 3 heteroatoms. The van der Waals surface area contributed by atoms with Crippen LogP contribution in [-0.4, -0.2) is 12.1 Å². The van der Waals surface area contributed by atoms with Crippen LogP contribution >= 0.6 is 0 Å². The summed E-state index contributed by atoms with van der Waals surface area (Å²) < 4.78 is 0. The molecule has 1 aromatic carbocycles. The van der Waals surface area contributed by atoms with E-state index in [-0.39, 0.29) is 5.91 Å². The molecule has 0 saturated heterocycles. The Morgan fingerprint density at radius 1 is 1.47 bits per heavy atom. The number of hydrogen-bond donors (Lipinski definition) is 1. The van der Waals surface area contributed by atoms with Gasteiger partial charge in [-0.05, 0) is 32.1 Å². The van der Waals surface area contributed by atoms with Gasteiger partial charge in [0.25, 0.3) is 5.91 Å². The first-order valence-electron chi connectivity index (χ1n) is 4.75.